The van der Waals surface area contributed by atoms with Gasteiger partial charge in [0.1, 0.15) is 13.2 Å². The number of benzene rings is 1. The zero-order valence-corrected chi connectivity index (χ0v) is 14.2. The highest BCUT2D eigenvalue weighted by molar-refractivity contribution is 7.09. The summed E-state index contributed by atoms with van der Waals surface area (Å²) in [4.78, 5) is 1.21. The fraction of sp³-hybridized carbons (Fsp3) is 0.412. The SMILES string of the molecule is C[NH2+]CCC[NH2+]Cc1ccc(OCc2cccs2)c(OC)c1. The molecule has 0 aliphatic heterocycles. The molecule has 5 heteroatoms. The fourth-order valence-electron chi connectivity index (χ4n) is 2.24. The summed E-state index contributed by atoms with van der Waals surface area (Å²) in [5, 5.41) is 6.62. The lowest BCUT2D eigenvalue weighted by molar-refractivity contribution is -0.682. The van der Waals surface area contributed by atoms with E-state index in [2.05, 4.69) is 41.3 Å². The minimum Gasteiger partial charge on any atom is -0.493 e. The Hall–Kier alpha value is -1.56. The topological polar surface area (TPSA) is 51.7 Å². The zero-order chi connectivity index (χ0) is 15.6. The van der Waals surface area contributed by atoms with Crippen molar-refractivity contribution in [1.29, 1.82) is 0 Å². The third-order valence-corrected chi connectivity index (χ3v) is 4.31. The molecule has 0 aliphatic carbocycles. The van der Waals surface area contributed by atoms with Crippen LogP contribution in [0.2, 0.25) is 0 Å². The van der Waals surface area contributed by atoms with Crippen molar-refractivity contribution in [2.75, 3.05) is 27.2 Å². The first kappa shape index (κ1) is 16.8. The highest BCUT2D eigenvalue weighted by atomic mass is 32.1. The number of rotatable bonds is 10. The first-order chi connectivity index (χ1) is 10.8. The summed E-state index contributed by atoms with van der Waals surface area (Å²) in [5.41, 5.74) is 1.26. The van der Waals surface area contributed by atoms with Gasteiger partial charge < -0.3 is 20.1 Å². The lowest BCUT2D eigenvalue weighted by Gasteiger charge is -2.11. The molecule has 0 saturated carbocycles. The van der Waals surface area contributed by atoms with Gasteiger partial charge in [0.25, 0.3) is 0 Å². The fourth-order valence-corrected chi connectivity index (χ4v) is 2.85. The number of ether oxygens (including phenoxy) is 2. The summed E-state index contributed by atoms with van der Waals surface area (Å²) in [6, 6.07) is 10.3. The van der Waals surface area contributed by atoms with Gasteiger partial charge >= 0.3 is 0 Å². The molecule has 120 valence electrons. The molecular weight excluding hydrogens is 296 g/mol. The third-order valence-electron chi connectivity index (χ3n) is 3.46. The van der Waals surface area contributed by atoms with Crippen LogP contribution in [0.5, 0.6) is 11.5 Å². The Morgan fingerprint density at radius 3 is 2.77 bits per heavy atom. The summed E-state index contributed by atoms with van der Waals surface area (Å²) >= 11 is 1.70. The average Bonchev–Trinajstić information content (AvgIpc) is 3.06. The Morgan fingerprint density at radius 2 is 2.05 bits per heavy atom. The van der Waals surface area contributed by atoms with E-state index in [9.17, 15) is 0 Å². The molecule has 0 saturated heterocycles. The Morgan fingerprint density at radius 1 is 1.14 bits per heavy atom. The van der Waals surface area contributed by atoms with Crippen molar-refractivity contribution in [1.82, 2.24) is 0 Å². The molecule has 4 nitrogen and oxygen atoms in total. The van der Waals surface area contributed by atoms with Gasteiger partial charge in [-0.25, -0.2) is 0 Å². The molecule has 0 bridgehead atoms. The molecule has 0 spiro atoms. The molecule has 0 fully saturated rings. The van der Waals surface area contributed by atoms with Crippen LogP contribution < -0.4 is 20.1 Å². The molecule has 1 aromatic carbocycles. The van der Waals surface area contributed by atoms with E-state index in [-0.39, 0.29) is 0 Å². The molecule has 0 aliphatic rings. The first-order valence-electron chi connectivity index (χ1n) is 7.75. The molecular formula is C17H26N2O2S+2. The van der Waals surface area contributed by atoms with Crippen molar-refractivity contribution in [3.63, 3.8) is 0 Å². The van der Waals surface area contributed by atoms with Gasteiger partial charge in [0.05, 0.1) is 27.2 Å². The quantitative estimate of drug-likeness (QED) is 0.641. The van der Waals surface area contributed by atoms with E-state index in [0.717, 1.165) is 24.6 Å². The van der Waals surface area contributed by atoms with Crippen LogP contribution in [0.15, 0.2) is 35.7 Å². The van der Waals surface area contributed by atoms with Gasteiger partial charge in [-0.3, -0.25) is 0 Å². The van der Waals surface area contributed by atoms with Gasteiger partial charge in [0.2, 0.25) is 0 Å². The Kier molecular flexibility index (Phi) is 7.22. The van der Waals surface area contributed by atoms with Crippen LogP contribution >= 0.6 is 11.3 Å². The number of hydrogen-bond acceptors (Lipinski definition) is 3. The van der Waals surface area contributed by atoms with Gasteiger partial charge in [-0.1, -0.05) is 6.07 Å². The highest BCUT2D eigenvalue weighted by Crippen LogP contribution is 2.29. The van der Waals surface area contributed by atoms with E-state index in [1.54, 1.807) is 18.4 Å². The smallest absolute Gasteiger partial charge is 0.161 e. The Balaban J connectivity index is 1.86. The van der Waals surface area contributed by atoms with Gasteiger partial charge in [-0.15, -0.1) is 11.3 Å². The van der Waals surface area contributed by atoms with Crippen LogP contribution in [0.1, 0.15) is 16.9 Å². The summed E-state index contributed by atoms with van der Waals surface area (Å²) in [6.07, 6.45) is 1.23. The van der Waals surface area contributed by atoms with Crippen molar-refractivity contribution in [3.8, 4) is 11.5 Å². The lowest BCUT2D eigenvalue weighted by atomic mass is 10.2. The van der Waals surface area contributed by atoms with Crippen LogP contribution in [0.25, 0.3) is 0 Å². The Labute approximate surface area is 136 Å². The maximum absolute atomic E-state index is 5.86. The summed E-state index contributed by atoms with van der Waals surface area (Å²) in [6.45, 7) is 3.91. The maximum atomic E-state index is 5.86. The first-order valence-corrected chi connectivity index (χ1v) is 8.63. The molecule has 0 radical (unpaired) electrons. The van der Waals surface area contributed by atoms with Crippen molar-refractivity contribution >= 4 is 11.3 Å². The second-order valence-corrected chi connectivity index (χ2v) is 6.22. The van der Waals surface area contributed by atoms with E-state index in [1.807, 2.05) is 12.1 Å². The molecule has 22 heavy (non-hydrogen) atoms. The highest BCUT2D eigenvalue weighted by Gasteiger charge is 2.07. The predicted octanol–water partition coefficient (Wildman–Crippen LogP) is 0.982. The number of hydrogen-bond donors (Lipinski definition) is 2. The Bertz CT molecular complexity index is 544. The molecule has 2 rings (SSSR count). The summed E-state index contributed by atoms with van der Waals surface area (Å²) in [7, 11) is 3.80. The zero-order valence-electron chi connectivity index (χ0n) is 13.4. The second-order valence-electron chi connectivity index (χ2n) is 5.19. The van der Waals surface area contributed by atoms with Crippen LogP contribution in [0, 0.1) is 0 Å². The second kappa shape index (κ2) is 9.46. The maximum Gasteiger partial charge on any atom is 0.161 e. The largest absolute Gasteiger partial charge is 0.493 e. The predicted molar refractivity (Wildman–Crippen MR) is 89.5 cm³/mol. The van der Waals surface area contributed by atoms with Crippen LogP contribution in [-0.4, -0.2) is 27.2 Å². The van der Waals surface area contributed by atoms with Gasteiger partial charge in [-0.05, 0) is 29.6 Å². The van der Waals surface area contributed by atoms with Crippen molar-refractivity contribution < 1.29 is 20.1 Å². The van der Waals surface area contributed by atoms with Crippen molar-refractivity contribution in [3.05, 3.63) is 46.2 Å². The monoisotopic (exact) mass is 322 g/mol. The van der Waals surface area contributed by atoms with Crippen molar-refractivity contribution in [2.24, 2.45) is 0 Å². The molecule has 1 aromatic heterocycles. The molecule has 0 amide bonds. The summed E-state index contributed by atoms with van der Waals surface area (Å²) < 4.78 is 11.3. The van der Waals surface area contributed by atoms with E-state index in [0.29, 0.717) is 6.61 Å². The number of nitrogens with two attached hydrogens (primary N) is 2. The van der Waals surface area contributed by atoms with Crippen LogP contribution in [0.4, 0.5) is 0 Å². The van der Waals surface area contributed by atoms with E-state index in [1.165, 1.54) is 23.4 Å². The number of quaternary nitrogens is 2. The average molecular weight is 322 g/mol. The molecule has 0 atom stereocenters. The molecule has 0 unspecified atom stereocenters. The molecule has 4 N–H and O–H groups in total. The van der Waals surface area contributed by atoms with Gasteiger partial charge in [0.15, 0.2) is 11.5 Å². The van der Waals surface area contributed by atoms with Gasteiger partial charge in [-0.2, -0.15) is 0 Å². The van der Waals surface area contributed by atoms with E-state index < -0.39 is 0 Å². The minimum atomic E-state index is 0.590. The van der Waals surface area contributed by atoms with Gasteiger partial charge in [0, 0.05) is 16.9 Å². The van der Waals surface area contributed by atoms with E-state index in [4.69, 9.17) is 9.47 Å². The number of methoxy groups -OCH3 is 1. The normalized spacial score (nSPS) is 10.6. The number of thiophene rings is 1. The van der Waals surface area contributed by atoms with Crippen molar-refractivity contribution in [2.45, 2.75) is 19.6 Å². The lowest BCUT2D eigenvalue weighted by Crippen LogP contribution is -2.85. The summed E-state index contributed by atoms with van der Waals surface area (Å²) in [5.74, 6) is 1.62. The third kappa shape index (κ3) is 5.33. The van der Waals surface area contributed by atoms with E-state index >= 15 is 0 Å². The molecule has 1 heterocycles. The minimum absolute atomic E-state index is 0.590. The van der Waals surface area contributed by atoms with Crippen LogP contribution in [-0.2, 0) is 13.2 Å². The van der Waals surface area contributed by atoms with Crippen LogP contribution in [0.3, 0.4) is 0 Å². The standard InChI is InChI=1S/C17H24N2O2S/c1-18-8-4-9-19-12-14-6-7-16(17(11-14)20-2)21-13-15-5-3-10-22-15/h3,5-7,10-11,18-19H,4,8-9,12-13H2,1-2H3/p+2. The molecule has 2 aromatic rings.